The number of benzene rings is 1. The van der Waals surface area contributed by atoms with Gasteiger partial charge in [-0.15, -0.1) is 0 Å². The summed E-state index contributed by atoms with van der Waals surface area (Å²) in [7, 11) is 0. The SMILES string of the molecule is [C-]#[N+]C([N+]#[C-])=c1ccc(=C(C#N)C#N)cc1OCCOC(C)(C)C. The van der Waals surface area contributed by atoms with Crippen molar-refractivity contribution in [2.24, 2.45) is 0 Å². The summed E-state index contributed by atoms with van der Waals surface area (Å²) in [5.74, 6) is 0.138. The lowest BCUT2D eigenvalue weighted by molar-refractivity contribution is -0.0164. The van der Waals surface area contributed by atoms with Crippen LogP contribution in [0.4, 0.5) is 0 Å². The molecule has 6 nitrogen and oxygen atoms in total. The lowest BCUT2D eigenvalue weighted by atomic mass is 10.1. The molecule has 0 atom stereocenters. The van der Waals surface area contributed by atoms with Crippen LogP contribution in [0.5, 0.6) is 5.75 Å². The zero-order valence-corrected chi connectivity index (χ0v) is 13.8. The van der Waals surface area contributed by atoms with Gasteiger partial charge in [0.25, 0.3) is 0 Å². The number of nitrogens with zero attached hydrogens (tertiary/aromatic N) is 4. The first-order valence-electron chi connectivity index (χ1n) is 7.07. The van der Waals surface area contributed by atoms with E-state index >= 15 is 0 Å². The number of hydrogen-bond donors (Lipinski definition) is 0. The molecule has 1 aromatic rings. The van der Waals surface area contributed by atoms with Gasteiger partial charge in [0.2, 0.25) is 0 Å². The van der Waals surface area contributed by atoms with Crippen molar-refractivity contribution in [3.05, 3.63) is 51.5 Å². The fourth-order valence-corrected chi connectivity index (χ4v) is 1.78. The van der Waals surface area contributed by atoms with E-state index in [2.05, 4.69) is 9.69 Å². The summed E-state index contributed by atoms with van der Waals surface area (Å²) in [6.07, 6.45) is 0. The van der Waals surface area contributed by atoms with Crippen LogP contribution >= 0.6 is 0 Å². The average Bonchev–Trinajstić information content (AvgIpc) is 2.54. The van der Waals surface area contributed by atoms with Crippen LogP contribution in [-0.2, 0) is 4.74 Å². The fourth-order valence-electron chi connectivity index (χ4n) is 1.78. The van der Waals surface area contributed by atoms with Crippen molar-refractivity contribution in [3.8, 4) is 17.9 Å². The molecular weight excluding hydrogens is 304 g/mol. The zero-order chi connectivity index (χ0) is 18.2. The molecule has 0 aliphatic heterocycles. The minimum absolute atomic E-state index is 0.0653. The molecule has 0 saturated heterocycles. The summed E-state index contributed by atoms with van der Waals surface area (Å²) in [6.45, 7) is 20.5. The summed E-state index contributed by atoms with van der Waals surface area (Å²) in [6, 6.07) is 8.13. The third-order valence-corrected chi connectivity index (χ3v) is 2.82. The first kappa shape index (κ1) is 18.7. The summed E-state index contributed by atoms with van der Waals surface area (Å²) in [5.41, 5.74) is -0.370. The quantitative estimate of drug-likeness (QED) is 0.628. The predicted molar refractivity (Wildman–Crippen MR) is 88.1 cm³/mol. The first-order valence-corrected chi connectivity index (χ1v) is 7.07. The fraction of sp³-hybridized carbons (Fsp3) is 0.333. The first-order chi connectivity index (χ1) is 11.4. The molecule has 120 valence electrons. The molecule has 0 aliphatic rings. The molecule has 0 bridgehead atoms. The van der Waals surface area contributed by atoms with Gasteiger partial charge in [-0.2, -0.15) is 20.2 Å². The van der Waals surface area contributed by atoms with Crippen molar-refractivity contribution in [1.29, 1.82) is 10.5 Å². The van der Waals surface area contributed by atoms with E-state index in [1.54, 1.807) is 12.1 Å². The molecule has 1 rings (SSSR count). The molecule has 0 aromatic heterocycles. The van der Waals surface area contributed by atoms with Crippen molar-refractivity contribution in [3.63, 3.8) is 0 Å². The van der Waals surface area contributed by atoms with Crippen molar-refractivity contribution in [2.45, 2.75) is 26.4 Å². The molecule has 0 amide bonds. The maximum atomic E-state index is 8.97. The average molecular weight is 320 g/mol. The van der Waals surface area contributed by atoms with E-state index in [-0.39, 0.29) is 29.4 Å². The second-order valence-electron chi connectivity index (χ2n) is 5.67. The van der Waals surface area contributed by atoms with Crippen LogP contribution < -0.4 is 15.2 Å². The zero-order valence-electron chi connectivity index (χ0n) is 13.8. The van der Waals surface area contributed by atoms with Gasteiger partial charge in [0.1, 0.15) is 48.4 Å². The van der Waals surface area contributed by atoms with Crippen molar-refractivity contribution in [1.82, 2.24) is 0 Å². The largest absolute Gasteiger partial charge is 0.530 e. The van der Waals surface area contributed by atoms with Gasteiger partial charge in [0.05, 0.1) is 12.2 Å². The van der Waals surface area contributed by atoms with Gasteiger partial charge >= 0.3 is 5.82 Å². The molecule has 0 aliphatic carbocycles. The Labute approximate surface area is 141 Å². The minimum Gasteiger partial charge on any atom is -0.492 e. The molecule has 0 N–H and O–H groups in total. The Kier molecular flexibility index (Phi) is 6.51. The van der Waals surface area contributed by atoms with E-state index in [9.17, 15) is 0 Å². The Morgan fingerprint density at radius 3 is 2.25 bits per heavy atom. The van der Waals surface area contributed by atoms with Crippen molar-refractivity contribution < 1.29 is 9.47 Å². The normalized spacial score (nSPS) is 9.79. The monoisotopic (exact) mass is 320 g/mol. The highest BCUT2D eigenvalue weighted by atomic mass is 16.5. The van der Waals surface area contributed by atoms with Crippen LogP contribution in [0.15, 0.2) is 18.2 Å². The Morgan fingerprint density at radius 1 is 1.12 bits per heavy atom. The molecule has 0 radical (unpaired) electrons. The van der Waals surface area contributed by atoms with E-state index in [1.807, 2.05) is 20.8 Å². The molecule has 6 heteroatoms. The van der Waals surface area contributed by atoms with Crippen molar-refractivity contribution >= 4 is 11.4 Å². The van der Waals surface area contributed by atoms with E-state index in [4.69, 9.17) is 33.1 Å². The molecule has 0 unspecified atom stereocenters. The topological polar surface area (TPSA) is 74.8 Å². The molecule has 24 heavy (non-hydrogen) atoms. The third kappa shape index (κ3) is 5.15. The second kappa shape index (κ2) is 8.35. The van der Waals surface area contributed by atoms with E-state index < -0.39 is 0 Å². The number of rotatable bonds is 4. The summed E-state index contributed by atoms with van der Waals surface area (Å²) >= 11 is 0. The lowest BCUT2D eigenvalue weighted by Gasteiger charge is -2.19. The van der Waals surface area contributed by atoms with Crippen LogP contribution in [0.2, 0.25) is 0 Å². The minimum atomic E-state index is -0.305. The van der Waals surface area contributed by atoms with Gasteiger partial charge in [-0.1, -0.05) is 12.1 Å². The predicted octanol–water partition coefficient (Wildman–Crippen LogP) is 1.98. The highest BCUT2D eigenvalue weighted by molar-refractivity contribution is 5.73. The molecule has 1 aromatic carbocycles. The van der Waals surface area contributed by atoms with Crippen LogP contribution in [0.3, 0.4) is 0 Å². The Morgan fingerprint density at radius 2 is 1.75 bits per heavy atom. The van der Waals surface area contributed by atoms with Gasteiger partial charge < -0.3 is 9.47 Å². The standard InChI is InChI=1S/C18H16N4O2/c1-18(2,3)24-9-8-23-16-10-13(14(11-19)12-20)6-7-15(16)17(21-4)22-5/h6-7,10H,8-9H2,1-3H3. The maximum Gasteiger partial charge on any atom is 0.530 e. The lowest BCUT2D eigenvalue weighted by Crippen LogP contribution is -2.24. The van der Waals surface area contributed by atoms with Crippen LogP contribution in [-0.4, -0.2) is 18.8 Å². The highest BCUT2D eigenvalue weighted by Gasteiger charge is 2.12. The molecule has 0 spiro atoms. The van der Waals surface area contributed by atoms with Gasteiger partial charge in [0, 0.05) is 5.22 Å². The summed E-state index contributed by atoms with van der Waals surface area (Å²) in [5, 5.41) is 18.7. The Bertz CT molecular complexity index is 865. The highest BCUT2D eigenvalue weighted by Crippen LogP contribution is 2.08. The Balaban J connectivity index is 3.32. The van der Waals surface area contributed by atoms with E-state index in [0.29, 0.717) is 17.0 Å². The number of ether oxygens (including phenoxy) is 2. The molecular formula is C18H16N4O2. The number of hydrogen-bond acceptors (Lipinski definition) is 4. The third-order valence-electron chi connectivity index (χ3n) is 2.82. The van der Waals surface area contributed by atoms with Gasteiger partial charge in [0.15, 0.2) is 0 Å². The second-order valence-corrected chi connectivity index (χ2v) is 5.67. The molecule has 0 fully saturated rings. The van der Waals surface area contributed by atoms with Gasteiger partial charge in [-0.3, -0.25) is 0 Å². The summed E-state index contributed by atoms with van der Waals surface area (Å²) < 4.78 is 11.2. The van der Waals surface area contributed by atoms with E-state index in [1.165, 1.54) is 18.2 Å². The maximum absolute atomic E-state index is 8.97. The van der Waals surface area contributed by atoms with Crippen molar-refractivity contribution in [2.75, 3.05) is 13.2 Å². The van der Waals surface area contributed by atoms with Crippen LogP contribution in [0, 0.1) is 35.8 Å². The van der Waals surface area contributed by atoms with E-state index in [0.717, 1.165) is 0 Å². The number of nitriles is 2. The molecule has 0 saturated carbocycles. The molecule has 0 heterocycles. The van der Waals surface area contributed by atoms with Crippen LogP contribution in [0.1, 0.15) is 20.8 Å². The Hall–Kier alpha value is -3.32. The van der Waals surface area contributed by atoms with Gasteiger partial charge in [-0.25, -0.2) is 0 Å². The van der Waals surface area contributed by atoms with Gasteiger partial charge in [-0.05, 0) is 26.8 Å². The smallest absolute Gasteiger partial charge is 0.492 e. The summed E-state index contributed by atoms with van der Waals surface area (Å²) in [4.78, 5) is 6.37. The van der Waals surface area contributed by atoms with Crippen LogP contribution in [0.25, 0.3) is 21.1 Å².